The van der Waals surface area contributed by atoms with E-state index in [1.54, 1.807) is 6.07 Å². The Morgan fingerprint density at radius 3 is 2.76 bits per heavy atom. The monoisotopic (exact) mass is 269 g/mol. The van der Waals surface area contributed by atoms with E-state index in [0.717, 1.165) is 0 Å². The average Bonchev–Trinajstić information content (AvgIpc) is 2.56. The Kier molecular flexibility index (Phi) is 2.97. The van der Waals surface area contributed by atoms with Gasteiger partial charge in [-0.25, -0.2) is 0 Å². The summed E-state index contributed by atoms with van der Waals surface area (Å²) in [5.74, 6) is -0.626. The molecule has 0 saturated carbocycles. The topological polar surface area (TPSA) is 63.2 Å². The first-order chi connectivity index (χ1) is 8.02. The lowest BCUT2D eigenvalue weighted by molar-refractivity contribution is -0.131. The van der Waals surface area contributed by atoms with Gasteiger partial charge in [-0.3, -0.25) is 4.79 Å². The molecule has 0 saturated heterocycles. The molecule has 1 heterocycles. The summed E-state index contributed by atoms with van der Waals surface area (Å²) in [6, 6.07) is 4.79. The van der Waals surface area contributed by atoms with Crippen molar-refractivity contribution in [2.75, 3.05) is 0 Å². The van der Waals surface area contributed by atoms with Gasteiger partial charge >= 0.3 is 5.97 Å². The fraction of sp³-hybridized carbons (Fsp3) is 0.0909. The summed E-state index contributed by atoms with van der Waals surface area (Å²) >= 11 is 11.7. The second-order valence-electron chi connectivity index (χ2n) is 3.23. The normalized spacial score (nSPS) is 10.2. The largest absolute Gasteiger partial charge is 0.440 e. The number of furan rings is 1. The van der Waals surface area contributed by atoms with Crippen LogP contribution in [-0.4, -0.2) is 5.97 Å². The number of hydrogen-bond donors (Lipinski definition) is 0. The number of nitriles is 1. The molecule has 0 bridgehead atoms. The fourth-order valence-corrected chi connectivity index (χ4v) is 1.95. The van der Waals surface area contributed by atoms with Crippen molar-refractivity contribution in [3.63, 3.8) is 0 Å². The van der Waals surface area contributed by atoms with Gasteiger partial charge in [-0.15, -0.1) is 0 Å². The summed E-state index contributed by atoms with van der Waals surface area (Å²) in [5, 5.41) is 9.89. The van der Waals surface area contributed by atoms with E-state index in [1.807, 2.05) is 0 Å². The Morgan fingerprint density at radius 2 is 2.18 bits per heavy atom. The van der Waals surface area contributed by atoms with Crippen LogP contribution in [0.2, 0.25) is 10.0 Å². The summed E-state index contributed by atoms with van der Waals surface area (Å²) in [6.45, 7) is 1.23. The Morgan fingerprint density at radius 1 is 1.47 bits per heavy atom. The van der Waals surface area contributed by atoms with Crippen molar-refractivity contribution < 1.29 is 13.9 Å². The molecule has 0 aliphatic rings. The zero-order valence-corrected chi connectivity index (χ0v) is 10.1. The Labute approximate surface area is 106 Å². The van der Waals surface area contributed by atoms with Gasteiger partial charge in [-0.2, -0.15) is 5.26 Å². The molecule has 2 aromatic rings. The third-order valence-corrected chi connectivity index (χ3v) is 2.51. The van der Waals surface area contributed by atoms with Crippen LogP contribution >= 0.6 is 23.2 Å². The molecule has 6 heteroatoms. The van der Waals surface area contributed by atoms with Gasteiger partial charge in [0, 0.05) is 11.9 Å². The highest BCUT2D eigenvalue weighted by molar-refractivity contribution is 6.38. The van der Waals surface area contributed by atoms with E-state index in [0.29, 0.717) is 10.4 Å². The maximum atomic E-state index is 11.0. The number of hydrogen-bond acceptors (Lipinski definition) is 4. The SMILES string of the molecule is CC(=O)Oc1c(C#N)oc2c(Cl)cc(Cl)cc12. The molecular weight excluding hydrogens is 265 g/mol. The number of fused-ring (bicyclic) bond motifs is 1. The van der Waals surface area contributed by atoms with Crippen molar-refractivity contribution in [1.82, 2.24) is 0 Å². The van der Waals surface area contributed by atoms with Crippen LogP contribution in [0, 0.1) is 11.3 Å². The summed E-state index contributed by atoms with van der Waals surface area (Å²) in [6.07, 6.45) is 0. The van der Waals surface area contributed by atoms with Crippen LogP contribution in [-0.2, 0) is 4.79 Å². The average molecular weight is 270 g/mol. The Hall–Kier alpha value is -1.70. The molecule has 0 spiro atoms. The fourth-order valence-electron chi connectivity index (χ4n) is 1.42. The molecule has 1 aromatic heterocycles. The summed E-state index contributed by atoms with van der Waals surface area (Å²) < 4.78 is 10.1. The number of nitrogens with zero attached hydrogens (tertiary/aromatic N) is 1. The molecule has 2 rings (SSSR count). The second-order valence-corrected chi connectivity index (χ2v) is 4.07. The summed E-state index contributed by atoms with van der Waals surface area (Å²) in [5.41, 5.74) is 0.267. The van der Waals surface area contributed by atoms with Gasteiger partial charge in [0.25, 0.3) is 0 Å². The molecular formula is C11H5Cl2NO3. The molecule has 0 radical (unpaired) electrons. The quantitative estimate of drug-likeness (QED) is 0.743. The van der Waals surface area contributed by atoms with Gasteiger partial charge < -0.3 is 9.15 Å². The van der Waals surface area contributed by atoms with Crippen LogP contribution in [0.1, 0.15) is 12.7 Å². The lowest BCUT2D eigenvalue weighted by Gasteiger charge is -1.98. The third kappa shape index (κ3) is 2.07. The van der Waals surface area contributed by atoms with Gasteiger partial charge in [0.1, 0.15) is 6.07 Å². The second kappa shape index (κ2) is 4.28. The number of benzene rings is 1. The Balaban J connectivity index is 2.79. The molecule has 0 aliphatic heterocycles. The van der Waals surface area contributed by atoms with Crippen LogP contribution in [0.4, 0.5) is 0 Å². The van der Waals surface area contributed by atoms with Crippen LogP contribution < -0.4 is 4.74 Å². The maximum absolute atomic E-state index is 11.0. The molecule has 0 atom stereocenters. The zero-order valence-electron chi connectivity index (χ0n) is 8.58. The van der Waals surface area contributed by atoms with E-state index in [2.05, 4.69) is 0 Å². The van der Waals surface area contributed by atoms with Gasteiger partial charge in [0.15, 0.2) is 11.3 Å². The van der Waals surface area contributed by atoms with E-state index >= 15 is 0 Å². The summed E-state index contributed by atoms with van der Waals surface area (Å²) in [4.78, 5) is 11.0. The minimum atomic E-state index is -0.555. The maximum Gasteiger partial charge on any atom is 0.308 e. The van der Waals surface area contributed by atoms with Crippen LogP contribution in [0.5, 0.6) is 5.75 Å². The molecule has 0 unspecified atom stereocenters. The van der Waals surface area contributed by atoms with Gasteiger partial charge in [0.05, 0.1) is 10.4 Å². The van der Waals surface area contributed by atoms with E-state index < -0.39 is 5.97 Å². The highest BCUT2D eigenvalue weighted by Crippen LogP contribution is 2.38. The van der Waals surface area contributed by atoms with E-state index in [1.165, 1.54) is 19.1 Å². The highest BCUT2D eigenvalue weighted by atomic mass is 35.5. The smallest absolute Gasteiger partial charge is 0.308 e. The Bertz CT molecular complexity index is 655. The van der Waals surface area contributed by atoms with Crippen LogP contribution in [0.15, 0.2) is 16.5 Å². The lowest BCUT2D eigenvalue weighted by atomic mass is 10.2. The van der Waals surface area contributed by atoms with Crippen LogP contribution in [0.25, 0.3) is 11.0 Å². The number of carbonyl (C=O) groups is 1. The van der Waals surface area contributed by atoms with Crippen molar-refractivity contribution in [3.8, 4) is 11.8 Å². The zero-order chi connectivity index (χ0) is 12.6. The van der Waals surface area contributed by atoms with Crippen molar-refractivity contribution in [2.45, 2.75) is 6.92 Å². The first-order valence-corrected chi connectivity index (χ1v) is 5.28. The van der Waals surface area contributed by atoms with Gasteiger partial charge in [0.2, 0.25) is 5.76 Å². The van der Waals surface area contributed by atoms with Gasteiger partial charge in [-0.1, -0.05) is 23.2 Å². The molecule has 0 amide bonds. The van der Waals surface area contributed by atoms with Crippen LogP contribution in [0.3, 0.4) is 0 Å². The minimum absolute atomic E-state index is 0.0411. The molecule has 0 N–H and O–H groups in total. The first-order valence-electron chi connectivity index (χ1n) is 4.53. The molecule has 0 aliphatic carbocycles. The van der Waals surface area contributed by atoms with Crippen molar-refractivity contribution in [2.24, 2.45) is 0 Å². The van der Waals surface area contributed by atoms with E-state index in [9.17, 15) is 4.79 Å². The standard InChI is InChI=1S/C11H5Cl2NO3/c1-5(15)16-11-7-2-6(12)3-8(13)10(7)17-9(11)4-14/h2-3H,1H3. The molecule has 1 aromatic carbocycles. The highest BCUT2D eigenvalue weighted by Gasteiger charge is 2.19. The van der Waals surface area contributed by atoms with Crippen molar-refractivity contribution in [1.29, 1.82) is 5.26 Å². The predicted octanol–water partition coefficient (Wildman–Crippen LogP) is 3.54. The molecule has 0 fully saturated rings. The van der Waals surface area contributed by atoms with Gasteiger partial charge in [-0.05, 0) is 12.1 Å². The number of halogens is 2. The van der Waals surface area contributed by atoms with Crippen molar-refractivity contribution >= 4 is 40.1 Å². The predicted molar refractivity (Wildman–Crippen MR) is 62.3 cm³/mol. The third-order valence-electron chi connectivity index (χ3n) is 2.01. The number of rotatable bonds is 1. The molecule has 86 valence electrons. The van der Waals surface area contributed by atoms with Crippen molar-refractivity contribution in [3.05, 3.63) is 27.9 Å². The molecule has 4 nitrogen and oxygen atoms in total. The minimum Gasteiger partial charge on any atom is -0.440 e. The number of esters is 1. The summed E-state index contributed by atoms with van der Waals surface area (Å²) in [7, 11) is 0. The van der Waals surface area contributed by atoms with E-state index in [-0.39, 0.29) is 22.1 Å². The number of ether oxygens (including phenoxy) is 1. The first kappa shape index (κ1) is 11.8. The molecule has 17 heavy (non-hydrogen) atoms. The number of carbonyl (C=O) groups excluding carboxylic acids is 1. The van der Waals surface area contributed by atoms with E-state index in [4.69, 9.17) is 37.6 Å². The lowest BCUT2D eigenvalue weighted by Crippen LogP contribution is -2.01.